The molecule has 3 aromatic rings. The first-order valence-electron chi connectivity index (χ1n) is 11.3. The number of likely N-dealkylation sites (tertiary alicyclic amines) is 1. The smallest absolute Gasteiger partial charge is 0.305 e. The summed E-state index contributed by atoms with van der Waals surface area (Å²) in [6.45, 7) is 0.861. The highest BCUT2D eigenvalue weighted by Gasteiger charge is 2.29. The van der Waals surface area contributed by atoms with Gasteiger partial charge < -0.3 is 15.3 Å². The maximum absolute atomic E-state index is 12.9. The van der Waals surface area contributed by atoms with Gasteiger partial charge >= 0.3 is 5.97 Å². The van der Waals surface area contributed by atoms with Crippen LogP contribution in [0.5, 0.6) is 0 Å². The summed E-state index contributed by atoms with van der Waals surface area (Å²) in [4.78, 5) is 38.8. The van der Waals surface area contributed by atoms with E-state index in [-0.39, 0.29) is 24.2 Å². The summed E-state index contributed by atoms with van der Waals surface area (Å²) in [5.74, 6) is -1.65. The molecule has 4 rings (SSSR count). The Bertz CT molecular complexity index is 1330. The fourth-order valence-corrected chi connectivity index (χ4v) is 6.11. The molecule has 0 unspecified atom stereocenters. The quantitative estimate of drug-likeness (QED) is 0.297. The molecule has 0 saturated carbocycles. The van der Waals surface area contributed by atoms with Gasteiger partial charge in [-0.05, 0) is 65.1 Å². The maximum Gasteiger partial charge on any atom is 0.305 e. The summed E-state index contributed by atoms with van der Waals surface area (Å²) in [6.07, 6.45) is 3.93. The van der Waals surface area contributed by atoms with Crippen molar-refractivity contribution in [1.29, 1.82) is 0 Å². The minimum absolute atomic E-state index is 0.163. The van der Waals surface area contributed by atoms with E-state index in [1.807, 2.05) is 23.6 Å². The Morgan fingerprint density at radius 1 is 1.17 bits per heavy atom. The van der Waals surface area contributed by atoms with Crippen molar-refractivity contribution in [2.45, 2.75) is 25.3 Å². The van der Waals surface area contributed by atoms with Crippen LogP contribution in [0.15, 0.2) is 52.3 Å². The molecule has 1 aliphatic rings. The summed E-state index contributed by atoms with van der Waals surface area (Å²) >= 11 is 17.7. The molecule has 0 aliphatic carbocycles. The van der Waals surface area contributed by atoms with Crippen LogP contribution in [0.25, 0.3) is 16.2 Å². The van der Waals surface area contributed by atoms with Crippen molar-refractivity contribution in [3.8, 4) is 0 Å². The van der Waals surface area contributed by atoms with Gasteiger partial charge in [0.05, 0.1) is 27.2 Å². The number of carbonyl (C=O) groups excluding carboxylic acids is 2. The van der Waals surface area contributed by atoms with Crippen LogP contribution in [0.4, 0.5) is 0 Å². The molecule has 2 N–H and O–H groups in total. The summed E-state index contributed by atoms with van der Waals surface area (Å²) in [5.41, 5.74) is 1.39. The number of nitrogens with zero attached hydrogens (tertiary/aromatic N) is 1. The fraction of sp³-hybridized carbons (Fsp3) is 0.269. The zero-order chi connectivity index (χ0) is 25.8. The molecular formula is C26H23BrCl2N2O4S. The van der Waals surface area contributed by atoms with Gasteiger partial charge in [0.1, 0.15) is 0 Å². The lowest BCUT2D eigenvalue weighted by molar-refractivity contribution is -0.138. The number of fused-ring (bicyclic) bond motifs is 1. The van der Waals surface area contributed by atoms with Gasteiger partial charge in [0.25, 0.3) is 0 Å². The lowest BCUT2D eigenvalue weighted by Crippen LogP contribution is -2.43. The van der Waals surface area contributed by atoms with Crippen molar-refractivity contribution >= 4 is 84.4 Å². The molecule has 2 aromatic carbocycles. The van der Waals surface area contributed by atoms with E-state index in [0.29, 0.717) is 41.5 Å². The number of carboxylic acid groups (broad SMARTS) is 1. The summed E-state index contributed by atoms with van der Waals surface area (Å²) in [7, 11) is 0. The van der Waals surface area contributed by atoms with E-state index < -0.39 is 12.0 Å². The Morgan fingerprint density at radius 2 is 1.92 bits per heavy atom. The number of carboxylic acids is 1. The number of rotatable bonds is 7. The molecule has 2 amide bonds. The zero-order valence-electron chi connectivity index (χ0n) is 19.0. The van der Waals surface area contributed by atoms with E-state index in [1.54, 1.807) is 29.2 Å². The molecule has 0 radical (unpaired) electrons. The first kappa shape index (κ1) is 26.7. The van der Waals surface area contributed by atoms with Gasteiger partial charge in [-0.3, -0.25) is 14.4 Å². The normalized spacial score (nSPS) is 15.4. The molecule has 0 spiro atoms. The van der Waals surface area contributed by atoms with Gasteiger partial charge in [0.15, 0.2) is 0 Å². The SMILES string of the molecule is O=C(O)C[C@@H](NC(=O)C1CCN(C(=O)/C=C/c2cc3ccsc3c(Cl)c2Cl)CC1)c1cccc(Br)c1. The van der Waals surface area contributed by atoms with Crippen LogP contribution in [0.2, 0.25) is 10.0 Å². The van der Waals surface area contributed by atoms with Crippen molar-refractivity contribution < 1.29 is 19.5 Å². The fourth-order valence-electron chi connectivity index (χ4n) is 4.26. The van der Waals surface area contributed by atoms with Gasteiger partial charge in [-0.2, -0.15) is 0 Å². The van der Waals surface area contributed by atoms with Crippen molar-refractivity contribution in [3.05, 3.63) is 73.5 Å². The lowest BCUT2D eigenvalue weighted by Gasteiger charge is -2.31. The number of carbonyl (C=O) groups is 3. The number of halogens is 3. The number of amides is 2. The average molecular weight is 610 g/mol. The number of hydrogen-bond donors (Lipinski definition) is 2. The first-order valence-corrected chi connectivity index (χ1v) is 13.8. The highest BCUT2D eigenvalue weighted by molar-refractivity contribution is 9.10. The molecule has 1 fully saturated rings. The van der Waals surface area contributed by atoms with E-state index in [0.717, 1.165) is 20.1 Å². The number of benzene rings is 2. The third-order valence-electron chi connectivity index (χ3n) is 6.18. The predicted molar refractivity (Wildman–Crippen MR) is 147 cm³/mol. The molecule has 188 valence electrons. The van der Waals surface area contributed by atoms with Crippen molar-refractivity contribution in [2.75, 3.05) is 13.1 Å². The lowest BCUT2D eigenvalue weighted by atomic mass is 9.94. The van der Waals surface area contributed by atoms with E-state index in [1.165, 1.54) is 17.4 Å². The van der Waals surface area contributed by atoms with Crippen LogP contribution >= 0.6 is 50.5 Å². The number of nitrogens with one attached hydrogen (secondary N) is 1. The average Bonchev–Trinajstić information content (AvgIpc) is 3.33. The van der Waals surface area contributed by atoms with Crippen molar-refractivity contribution in [3.63, 3.8) is 0 Å². The second-order valence-electron chi connectivity index (χ2n) is 8.58. The van der Waals surface area contributed by atoms with Crippen LogP contribution in [-0.2, 0) is 14.4 Å². The van der Waals surface area contributed by atoms with Crippen LogP contribution in [0, 0.1) is 5.92 Å². The topological polar surface area (TPSA) is 86.7 Å². The van der Waals surface area contributed by atoms with Crippen LogP contribution < -0.4 is 5.32 Å². The Kier molecular flexibility index (Phi) is 8.72. The number of piperidine rings is 1. The molecule has 36 heavy (non-hydrogen) atoms. The third-order valence-corrected chi connectivity index (χ3v) is 8.62. The summed E-state index contributed by atoms with van der Waals surface area (Å²) < 4.78 is 1.72. The van der Waals surface area contributed by atoms with Gasteiger partial charge in [-0.25, -0.2) is 0 Å². The minimum Gasteiger partial charge on any atom is -0.481 e. The van der Waals surface area contributed by atoms with Crippen LogP contribution in [-0.4, -0.2) is 40.9 Å². The third kappa shape index (κ3) is 6.29. The van der Waals surface area contributed by atoms with Crippen LogP contribution in [0.1, 0.15) is 36.4 Å². The molecule has 0 bridgehead atoms. The largest absolute Gasteiger partial charge is 0.481 e. The number of hydrogen-bond acceptors (Lipinski definition) is 4. The molecule has 1 saturated heterocycles. The van der Waals surface area contributed by atoms with E-state index in [9.17, 15) is 19.5 Å². The summed E-state index contributed by atoms with van der Waals surface area (Å²) in [6, 6.07) is 10.5. The van der Waals surface area contributed by atoms with Gasteiger partial charge in [-0.1, -0.05) is 51.3 Å². The van der Waals surface area contributed by atoms with Crippen molar-refractivity contribution in [1.82, 2.24) is 10.2 Å². The monoisotopic (exact) mass is 608 g/mol. The van der Waals surface area contributed by atoms with Crippen molar-refractivity contribution in [2.24, 2.45) is 5.92 Å². The van der Waals surface area contributed by atoms with E-state index in [4.69, 9.17) is 23.2 Å². The molecule has 10 heteroatoms. The maximum atomic E-state index is 12.9. The standard InChI is InChI=1S/C26H23BrCl2N2O4S/c27-19-3-1-2-16(13-19)20(14-22(33)34)30-26(35)15-6-9-31(10-7-15)21(32)5-4-17-12-18-8-11-36-25(18)24(29)23(17)28/h1-5,8,11-13,15,20H,6-7,9-10,14H2,(H,30,35)(H,33,34)/b5-4+/t20-/m1/s1. The Balaban J connectivity index is 1.35. The minimum atomic E-state index is -0.994. The second kappa shape index (κ2) is 11.8. The molecule has 2 heterocycles. The zero-order valence-corrected chi connectivity index (χ0v) is 23.0. The van der Waals surface area contributed by atoms with Gasteiger partial charge in [0, 0.05) is 29.6 Å². The van der Waals surface area contributed by atoms with E-state index in [2.05, 4.69) is 21.2 Å². The molecule has 1 aromatic heterocycles. The molecule has 1 aliphatic heterocycles. The highest BCUT2D eigenvalue weighted by Crippen LogP contribution is 2.37. The van der Waals surface area contributed by atoms with Crippen LogP contribution in [0.3, 0.4) is 0 Å². The highest BCUT2D eigenvalue weighted by atomic mass is 79.9. The number of thiophene rings is 1. The van der Waals surface area contributed by atoms with Gasteiger partial charge in [-0.15, -0.1) is 11.3 Å². The van der Waals surface area contributed by atoms with Gasteiger partial charge in [0.2, 0.25) is 11.8 Å². The molecular weight excluding hydrogens is 587 g/mol. The Hall–Kier alpha value is -2.39. The Morgan fingerprint density at radius 3 is 2.61 bits per heavy atom. The molecule has 1 atom stereocenters. The van der Waals surface area contributed by atoms with E-state index >= 15 is 0 Å². The predicted octanol–water partition coefficient (Wildman–Crippen LogP) is 6.55. The first-order chi connectivity index (χ1) is 17.2. The number of aliphatic carboxylic acids is 1. The Labute approximate surface area is 231 Å². The molecule has 6 nitrogen and oxygen atoms in total. The summed E-state index contributed by atoms with van der Waals surface area (Å²) in [5, 5.41) is 16.0. The second-order valence-corrected chi connectivity index (χ2v) is 11.2.